The molecule has 0 bridgehead atoms. The molecule has 7 heteroatoms. The Morgan fingerprint density at radius 2 is 1.44 bits per heavy atom. The van der Waals surface area contributed by atoms with E-state index in [9.17, 15) is 26.3 Å². The molecule has 0 radical (unpaired) electrons. The summed E-state index contributed by atoms with van der Waals surface area (Å²) in [5, 5.41) is 0. The highest BCUT2D eigenvalue weighted by Gasteiger charge is 2.59. The van der Waals surface area contributed by atoms with Crippen molar-refractivity contribution in [3.8, 4) is 5.75 Å². The van der Waals surface area contributed by atoms with Crippen LogP contribution in [0.1, 0.15) is 0 Å². The average molecular weight is 244 g/mol. The molecule has 1 atom stereocenters. The van der Waals surface area contributed by atoms with Crippen molar-refractivity contribution < 1.29 is 31.1 Å². The zero-order chi connectivity index (χ0) is 12.4. The third-order valence-corrected chi connectivity index (χ3v) is 1.58. The van der Waals surface area contributed by atoms with Gasteiger partial charge in [-0.1, -0.05) is 18.2 Å². The van der Waals surface area contributed by atoms with E-state index in [1.807, 2.05) is 0 Å². The van der Waals surface area contributed by atoms with Gasteiger partial charge in [0.15, 0.2) is 0 Å². The molecule has 0 heterocycles. The molecule has 0 spiro atoms. The summed E-state index contributed by atoms with van der Waals surface area (Å²) in [6.07, 6.45) is -15.0. The van der Waals surface area contributed by atoms with Crippen molar-refractivity contribution in [1.82, 2.24) is 0 Å². The minimum atomic E-state index is -5.67. The Morgan fingerprint density at radius 3 is 1.88 bits per heavy atom. The van der Waals surface area contributed by atoms with E-state index in [0.717, 1.165) is 12.1 Å². The van der Waals surface area contributed by atoms with Crippen LogP contribution in [0.15, 0.2) is 30.3 Å². The number of hydrogen-bond donors (Lipinski definition) is 0. The van der Waals surface area contributed by atoms with Gasteiger partial charge in [0.1, 0.15) is 5.75 Å². The smallest absolute Gasteiger partial charge is 0.430 e. The molecule has 0 aliphatic rings. The monoisotopic (exact) mass is 244 g/mol. The Labute approximate surface area is 86.6 Å². The minimum Gasteiger partial charge on any atom is -0.430 e. The fourth-order valence-electron chi connectivity index (χ4n) is 0.888. The first-order chi connectivity index (χ1) is 7.23. The molecule has 90 valence electrons. The zero-order valence-corrected chi connectivity index (χ0v) is 7.64. The molecule has 0 aliphatic heterocycles. The Morgan fingerprint density at radius 1 is 0.938 bits per heavy atom. The average Bonchev–Trinajstić information content (AvgIpc) is 2.16. The fourth-order valence-corrected chi connectivity index (χ4v) is 0.888. The molecular weight excluding hydrogens is 238 g/mol. The van der Waals surface area contributed by atoms with Crippen LogP contribution < -0.4 is 4.74 Å². The van der Waals surface area contributed by atoms with Gasteiger partial charge < -0.3 is 4.74 Å². The van der Waals surface area contributed by atoms with E-state index in [0.29, 0.717) is 0 Å². The van der Waals surface area contributed by atoms with Crippen molar-refractivity contribution in [3.05, 3.63) is 30.3 Å². The lowest BCUT2D eigenvalue weighted by Crippen LogP contribution is -2.45. The summed E-state index contributed by atoms with van der Waals surface area (Å²) < 4.78 is 76.5. The van der Waals surface area contributed by atoms with Crippen LogP contribution in [-0.2, 0) is 0 Å². The zero-order valence-electron chi connectivity index (χ0n) is 7.64. The van der Waals surface area contributed by atoms with Crippen LogP contribution >= 0.6 is 0 Å². The predicted octanol–water partition coefficient (Wildman–Crippen LogP) is 3.56. The quantitative estimate of drug-likeness (QED) is 0.738. The van der Waals surface area contributed by atoms with E-state index in [2.05, 4.69) is 4.74 Å². The summed E-state index contributed by atoms with van der Waals surface area (Å²) in [5.74, 6) is -0.542. The van der Waals surface area contributed by atoms with Gasteiger partial charge in [-0.3, -0.25) is 0 Å². The van der Waals surface area contributed by atoms with E-state index in [1.165, 1.54) is 18.2 Å². The molecule has 0 aromatic heterocycles. The fraction of sp³-hybridized carbons (Fsp3) is 0.333. The maximum absolute atomic E-state index is 12.7. The van der Waals surface area contributed by atoms with Crippen LogP contribution in [-0.4, -0.2) is 18.5 Å². The molecule has 0 N–H and O–H groups in total. The molecule has 0 saturated heterocycles. The molecule has 0 fully saturated rings. The Balaban J connectivity index is 2.80. The van der Waals surface area contributed by atoms with Crippen LogP contribution in [0.5, 0.6) is 5.75 Å². The summed E-state index contributed by atoms with van der Waals surface area (Å²) in [5.41, 5.74) is 0. The normalized spacial score (nSPS) is 14.6. The number of benzene rings is 1. The second-order valence-corrected chi connectivity index (χ2v) is 2.88. The van der Waals surface area contributed by atoms with Crippen LogP contribution in [0.3, 0.4) is 0 Å². The van der Waals surface area contributed by atoms with Gasteiger partial charge in [0.2, 0.25) is 0 Å². The first-order valence-corrected chi connectivity index (χ1v) is 4.06. The number of para-hydroxylation sites is 1. The van der Waals surface area contributed by atoms with Gasteiger partial charge in [-0.25, -0.2) is 4.39 Å². The topological polar surface area (TPSA) is 9.23 Å². The summed E-state index contributed by atoms with van der Waals surface area (Å²) in [6, 6.07) is 5.98. The summed E-state index contributed by atoms with van der Waals surface area (Å²) >= 11 is 0. The lowest BCUT2D eigenvalue weighted by atomic mass is 10.3. The first kappa shape index (κ1) is 12.7. The van der Waals surface area contributed by atoms with Gasteiger partial charge in [0.05, 0.1) is 0 Å². The molecular formula is C9H6F6O. The van der Waals surface area contributed by atoms with Gasteiger partial charge in [-0.15, -0.1) is 0 Å². The number of halogens is 6. The van der Waals surface area contributed by atoms with Crippen molar-refractivity contribution in [1.29, 1.82) is 0 Å². The molecule has 0 unspecified atom stereocenters. The van der Waals surface area contributed by atoms with Crippen molar-refractivity contribution in [2.24, 2.45) is 0 Å². The van der Waals surface area contributed by atoms with Crippen LogP contribution in [0.4, 0.5) is 26.3 Å². The second-order valence-electron chi connectivity index (χ2n) is 2.88. The lowest BCUT2D eigenvalue weighted by molar-refractivity contribution is -0.304. The maximum Gasteiger partial charge on any atom is 0.439 e. The van der Waals surface area contributed by atoms with Crippen LogP contribution in [0.2, 0.25) is 0 Å². The summed E-state index contributed by atoms with van der Waals surface area (Å²) in [4.78, 5) is 0. The van der Waals surface area contributed by atoms with E-state index >= 15 is 0 Å². The van der Waals surface area contributed by atoms with Gasteiger partial charge in [0, 0.05) is 0 Å². The Bertz CT molecular complexity index is 334. The van der Waals surface area contributed by atoms with E-state index in [1.54, 1.807) is 0 Å². The summed E-state index contributed by atoms with van der Waals surface area (Å²) in [7, 11) is 0. The van der Waals surface area contributed by atoms with Gasteiger partial charge in [-0.05, 0) is 12.1 Å². The molecule has 0 amide bonds. The molecule has 0 saturated carbocycles. The number of alkyl halides is 6. The number of ether oxygens (including phenoxy) is 1. The lowest BCUT2D eigenvalue weighted by Gasteiger charge is -2.22. The first-order valence-electron chi connectivity index (χ1n) is 4.06. The van der Waals surface area contributed by atoms with Gasteiger partial charge in [0.25, 0.3) is 6.17 Å². The molecule has 1 aromatic carbocycles. The maximum atomic E-state index is 12.7. The highest BCUT2D eigenvalue weighted by atomic mass is 19.4. The second kappa shape index (κ2) is 4.23. The van der Waals surface area contributed by atoms with Crippen LogP contribution in [0.25, 0.3) is 0 Å². The van der Waals surface area contributed by atoms with Crippen LogP contribution in [0, 0.1) is 0 Å². The van der Waals surface area contributed by atoms with E-state index in [-0.39, 0.29) is 0 Å². The van der Waals surface area contributed by atoms with Crippen molar-refractivity contribution >= 4 is 0 Å². The van der Waals surface area contributed by atoms with E-state index in [4.69, 9.17) is 0 Å². The Kier molecular flexibility index (Phi) is 3.35. The van der Waals surface area contributed by atoms with Gasteiger partial charge >= 0.3 is 12.3 Å². The minimum absolute atomic E-state index is 0.542. The highest BCUT2D eigenvalue weighted by molar-refractivity contribution is 5.21. The Hall–Kier alpha value is -1.40. The largest absolute Gasteiger partial charge is 0.439 e. The van der Waals surface area contributed by atoms with Crippen molar-refractivity contribution in [2.45, 2.75) is 18.5 Å². The molecule has 1 nitrogen and oxygen atoms in total. The SMILES string of the molecule is F[C@@H](C(F)(F)F)C(F)(F)Oc1ccccc1. The third kappa shape index (κ3) is 3.04. The molecule has 0 aliphatic carbocycles. The third-order valence-electron chi connectivity index (χ3n) is 1.58. The molecule has 1 rings (SSSR count). The standard InChI is InChI=1S/C9H6F6O/c10-7(8(11,12)13)9(14,15)16-6-4-2-1-3-5-6/h1-5,7H/t7-/m0/s1. The van der Waals surface area contributed by atoms with Crippen molar-refractivity contribution in [2.75, 3.05) is 0 Å². The predicted molar refractivity (Wildman–Crippen MR) is 43.0 cm³/mol. The highest BCUT2D eigenvalue weighted by Crippen LogP contribution is 2.36. The van der Waals surface area contributed by atoms with Crippen molar-refractivity contribution in [3.63, 3.8) is 0 Å². The number of rotatable bonds is 3. The molecule has 1 aromatic rings. The summed E-state index contributed by atoms with van der Waals surface area (Å²) in [6.45, 7) is 0. The molecule has 16 heavy (non-hydrogen) atoms. The van der Waals surface area contributed by atoms with E-state index < -0.39 is 24.2 Å². The van der Waals surface area contributed by atoms with Gasteiger partial charge in [-0.2, -0.15) is 22.0 Å². The number of hydrogen-bond acceptors (Lipinski definition) is 1.